The predicted molar refractivity (Wildman–Crippen MR) is 107 cm³/mol. The first-order chi connectivity index (χ1) is 13.5. The number of ether oxygens (including phenoxy) is 1. The number of benzene rings is 1. The maximum Gasteiger partial charge on any atom is 0.251 e. The van der Waals surface area contributed by atoms with Crippen molar-refractivity contribution in [3.63, 3.8) is 0 Å². The van der Waals surface area contributed by atoms with Gasteiger partial charge in [0.2, 0.25) is 10.0 Å². The molecule has 0 bridgehead atoms. The number of sulfonamides is 1. The number of piperidine rings is 1. The zero-order chi connectivity index (χ0) is 20.0. The second-order valence-corrected chi connectivity index (χ2v) is 9.65. The van der Waals surface area contributed by atoms with Crippen molar-refractivity contribution >= 4 is 15.9 Å². The number of likely N-dealkylation sites (tertiary alicyclic amines) is 1. The van der Waals surface area contributed by atoms with Gasteiger partial charge >= 0.3 is 0 Å². The lowest BCUT2D eigenvalue weighted by atomic mass is 10.0. The van der Waals surface area contributed by atoms with Crippen LogP contribution in [0.2, 0.25) is 0 Å². The summed E-state index contributed by atoms with van der Waals surface area (Å²) in [5, 5.41) is 2.93. The summed E-state index contributed by atoms with van der Waals surface area (Å²) in [7, 11) is -3.59. The summed E-state index contributed by atoms with van der Waals surface area (Å²) in [5.74, 6) is -0.222. The third-order valence-electron chi connectivity index (χ3n) is 5.75. The molecule has 1 amide bonds. The molecule has 28 heavy (non-hydrogen) atoms. The Balaban J connectivity index is 1.53. The number of quaternary nitrogens is 1. The molecule has 156 valence electrons. The highest BCUT2D eigenvalue weighted by Gasteiger charge is 2.27. The Bertz CT molecular complexity index is 762. The van der Waals surface area contributed by atoms with Gasteiger partial charge in [-0.15, -0.1) is 0 Å². The van der Waals surface area contributed by atoms with Crippen molar-refractivity contribution in [2.45, 2.75) is 43.5 Å². The molecule has 2 aliphatic heterocycles. The fraction of sp³-hybridized carbons (Fsp3) is 0.650. The minimum Gasteiger partial charge on any atom is -0.379 e. The first-order valence-corrected chi connectivity index (χ1v) is 11.7. The SMILES string of the molecule is C[C@@H]1CCCC[NH+]1CCCNC(=O)c1cccc(S(=O)(=O)N2CCOCC2)c1. The van der Waals surface area contributed by atoms with E-state index in [1.165, 1.54) is 36.2 Å². The van der Waals surface area contributed by atoms with Crippen LogP contribution in [0.15, 0.2) is 29.2 Å². The van der Waals surface area contributed by atoms with Crippen LogP contribution in [-0.2, 0) is 14.8 Å². The van der Waals surface area contributed by atoms with Crippen molar-refractivity contribution < 1.29 is 22.8 Å². The molecule has 0 saturated carbocycles. The van der Waals surface area contributed by atoms with E-state index in [9.17, 15) is 13.2 Å². The van der Waals surface area contributed by atoms with Gasteiger partial charge < -0.3 is 15.0 Å². The Kier molecular flexibility index (Phi) is 7.45. The Hall–Kier alpha value is -1.48. The Morgan fingerprint density at radius 1 is 1.29 bits per heavy atom. The third-order valence-corrected chi connectivity index (χ3v) is 7.64. The van der Waals surface area contributed by atoms with Crippen molar-refractivity contribution in [2.75, 3.05) is 45.9 Å². The van der Waals surface area contributed by atoms with Crippen molar-refractivity contribution in [1.29, 1.82) is 0 Å². The van der Waals surface area contributed by atoms with Crippen LogP contribution in [0.25, 0.3) is 0 Å². The highest BCUT2D eigenvalue weighted by molar-refractivity contribution is 7.89. The van der Waals surface area contributed by atoms with Gasteiger partial charge in [0.15, 0.2) is 0 Å². The summed E-state index contributed by atoms with van der Waals surface area (Å²) < 4.78 is 32.2. The molecular weight excluding hydrogens is 378 g/mol. The van der Waals surface area contributed by atoms with Gasteiger partial charge in [0.1, 0.15) is 0 Å². The molecule has 1 unspecified atom stereocenters. The molecule has 8 heteroatoms. The van der Waals surface area contributed by atoms with Gasteiger partial charge in [-0.05, 0) is 44.4 Å². The second-order valence-electron chi connectivity index (χ2n) is 7.71. The molecule has 3 rings (SSSR count). The van der Waals surface area contributed by atoms with Crippen molar-refractivity contribution in [3.8, 4) is 0 Å². The number of carbonyl (C=O) groups excluding carboxylic acids is 1. The largest absolute Gasteiger partial charge is 0.379 e. The van der Waals surface area contributed by atoms with E-state index in [1.54, 1.807) is 23.1 Å². The molecule has 2 saturated heterocycles. The summed E-state index contributed by atoms with van der Waals surface area (Å²) in [6, 6.07) is 7.00. The van der Waals surface area contributed by atoms with Crippen molar-refractivity contribution in [3.05, 3.63) is 29.8 Å². The fourth-order valence-electron chi connectivity index (χ4n) is 3.98. The Labute approximate surface area is 168 Å². The molecule has 2 N–H and O–H groups in total. The number of carbonyl (C=O) groups is 1. The van der Waals surface area contributed by atoms with Crippen LogP contribution in [0.3, 0.4) is 0 Å². The van der Waals surface area contributed by atoms with E-state index >= 15 is 0 Å². The standard InChI is InChI=1S/C20H31N3O4S/c1-17-6-2-3-10-22(17)11-5-9-21-20(24)18-7-4-8-19(16-18)28(25,26)23-12-14-27-15-13-23/h4,7-8,16-17H,2-3,5-6,9-15H2,1H3,(H,21,24)/p+1/t17-/m1/s1. The summed E-state index contributed by atoms with van der Waals surface area (Å²) >= 11 is 0. The van der Waals surface area contributed by atoms with E-state index in [1.807, 2.05) is 0 Å². The first kappa shape index (κ1) is 21.2. The van der Waals surface area contributed by atoms with Crippen LogP contribution in [0.4, 0.5) is 0 Å². The van der Waals surface area contributed by atoms with Crippen LogP contribution < -0.4 is 10.2 Å². The fourth-order valence-corrected chi connectivity index (χ4v) is 5.43. The monoisotopic (exact) mass is 410 g/mol. The number of nitrogens with zero attached hydrogens (tertiary/aromatic N) is 1. The molecule has 2 fully saturated rings. The third kappa shape index (κ3) is 5.31. The topological polar surface area (TPSA) is 80.2 Å². The molecule has 0 radical (unpaired) electrons. The lowest BCUT2D eigenvalue weighted by molar-refractivity contribution is -0.928. The van der Waals surface area contributed by atoms with Gasteiger partial charge in [-0.3, -0.25) is 4.79 Å². The minimum absolute atomic E-state index is 0.161. The number of rotatable bonds is 7. The minimum atomic E-state index is -3.59. The van der Waals surface area contributed by atoms with Crippen LogP contribution in [0.5, 0.6) is 0 Å². The number of amides is 1. The highest BCUT2D eigenvalue weighted by atomic mass is 32.2. The van der Waals surface area contributed by atoms with Gasteiger partial charge in [0.05, 0.1) is 37.2 Å². The summed E-state index contributed by atoms with van der Waals surface area (Å²) in [6.45, 7) is 6.67. The number of hydrogen-bond donors (Lipinski definition) is 2. The average molecular weight is 411 g/mol. The summed E-state index contributed by atoms with van der Waals surface area (Å²) in [4.78, 5) is 14.3. The molecule has 0 aromatic heterocycles. The molecule has 0 aliphatic carbocycles. The van der Waals surface area contributed by atoms with Crippen LogP contribution in [0, 0.1) is 0 Å². The molecule has 1 aromatic rings. The van der Waals surface area contributed by atoms with E-state index in [4.69, 9.17) is 4.74 Å². The van der Waals surface area contributed by atoms with Gasteiger partial charge in [0.25, 0.3) is 5.91 Å². The van der Waals surface area contributed by atoms with Crippen molar-refractivity contribution in [1.82, 2.24) is 9.62 Å². The van der Waals surface area contributed by atoms with Gasteiger partial charge in [0, 0.05) is 31.6 Å². The number of nitrogens with one attached hydrogen (secondary N) is 2. The maximum absolute atomic E-state index is 12.8. The van der Waals surface area contributed by atoms with E-state index in [0.29, 0.717) is 44.5 Å². The quantitative estimate of drug-likeness (QED) is 0.633. The Morgan fingerprint density at radius 3 is 2.82 bits per heavy atom. The highest BCUT2D eigenvalue weighted by Crippen LogP contribution is 2.18. The van der Waals surface area contributed by atoms with Gasteiger partial charge in [-0.2, -0.15) is 4.31 Å². The van der Waals surface area contributed by atoms with E-state index in [2.05, 4.69) is 12.2 Å². The maximum atomic E-state index is 12.8. The van der Waals surface area contributed by atoms with Crippen LogP contribution >= 0.6 is 0 Å². The lowest BCUT2D eigenvalue weighted by Crippen LogP contribution is -3.16. The Morgan fingerprint density at radius 2 is 2.07 bits per heavy atom. The van der Waals surface area contributed by atoms with E-state index in [-0.39, 0.29) is 10.8 Å². The van der Waals surface area contributed by atoms with Crippen molar-refractivity contribution in [2.24, 2.45) is 0 Å². The number of hydrogen-bond acceptors (Lipinski definition) is 4. The molecule has 2 heterocycles. The normalized spacial score (nSPS) is 24.0. The zero-order valence-electron chi connectivity index (χ0n) is 16.7. The first-order valence-electron chi connectivity index (χ1n) is 10.3. The molecule has 2 atom stereocenters. The van der Waals surface area contributed by atoms with Crippen LogP contribution in [0.1, 0.15) is 43.0 Å². The van der Waals surface area contributed by atoms with E-state index < -0.39 is 10.0 Å². The smallest absolute Gasteiger partial charge is 0.251 e. The zero-order valence-corrected chi connectivity index (χ0v) is 17.5. The van der Waals surface area contributed by atoms with Gasteiger partial charge in [-0.25, -0.2) is 8.42 Å². The average Bonchev–Trinajstić information content (AvgIpc) is 2.73. The molecule has 0 spiro atoms. The van der Waals surface area contributed by atoms with Gasteiger partial charge in [-0.1, -0.05) is 6.07 Å². The molecule has 2 aliphatic rings. The molecule has 1 aromatic carbocycles. The second kappa shape index (κ2) is 9.82. The lowest BCUT2D eigenvalue weighted by Gasteiger charge is -2.30. The molecule has 7 nitrogen and oxygen atoms in total. The van der Waals surface area contributed by atoms with E-state index in [0.717, 1.165) is 13.0 Å². The summed E-state index contributed by atoms with van der Waals surface area (Å²) in [5.41, 5.74) is 0.382. The van der Waals surface area contributed by atoms with Crippen LogP contribution in [-0.4, -0.2) is 70.6 Å². The number of morpholine rings is 1. The predicted octanol–water partition coefficient (Wildman–Crippen LogP) is 0.285. The molecular formula is C20H32N3O4S+. The summed E-state index contributed by atoms with van der Waals surface area (Å²) in [6.07, 6.45) is 4.82.